The lowest BCUT2D eigenvalue weighted by atomic mass is 10.0. The third-order valence-electron chi connectivity index (χ3n) is 7.19. The molecule has 1 N–H and O–H groups in total. The van der Waals surface area contributed by atoms with E-state index in [4.69, 9.17) is 16.3 Å². The molecule has 0 bridgehead atoms. The Morgan fingerprint density at radius 1 is 0.867 bits per heavy atom. The number of carbonyl (C=O) groups excluding carboxylic acids is 2. The Kier molecular flexibility index (Phi) is 11.6. The summed E-state index contributed by atoms with van der Waals surface area (Å²) in [7, 11) is -4.20. The first-order valence-corrected chi connectivity index (χ1v) is 16.6. The van der Waals surface area contributed by atoms with Gasteiger partial charge < -0.3 is 15.0 Å². The highest BCUT2D eigenvalue weighted by atomic mass is 35.5. The van der Waals surface area contributed by atoms with Crippen LogP contribution >= 0.6 is 11.6 Å². The van der Waals surface area contributed by atoms with Gasteiger partial charge in [0.1, 0.15) is 18.3 Å². The van der Waals surface area contributed by atoms with Gasteiger partial charge in [-0.25, -0.2) is 8.42 Å². The normalized spacial score (nSPS) is 11.8. The van der Waals surface area contributed by atoms with Crippen molar-refractivity contribution in [3.05, 3.63) is 125 Å². The molecule has 8 nitrogen and oxygen atoms in total. The molecule has 236 valence electrons. The van der Waals surface area contributed by atoms with E-state index in [0.717, 1.165) is 15.4 Å². The summed E-state index contributed by atoms with van der Waals surface area (Å²) in [6, 6.07) is 28.5. The number of likely N-dealkylation sites (N-methyl/N-ethyl adjacent to an activating group) is 1. The number of ether oxygens (including phenoxy) is 1. The van der Waals surface area contributed by atoms with Crippen molar-refractivity contribution in [1.29, 1.82) is 0 Å². The first-order chi connectivity index (χ1) is 21.6. The average molecular weight is 648 g/mol. The number of benzene rings is 4. The summed E-state index contributed by atoms with van der Waals surface area (Å²) >= 11 is 6.29. The fraction of sp³-hybridized carbons (Fsp3) is 0.257. The van der Waals surface area contributed by atoms with Gasteiger partial charge in [-0.1, -0.05) is 71.8 Å². The van der Waals surface area contributed by atoms with Crippen LogP contribution in [0.1, 0.15) is 30.5 Å². The van der Waals surface area contributed by atoms with Crippen LogP contribution in [0.5, 0.6) is 5.75 Å². The van der Waals surface area contributed by atoms with Crippen molar-refractivity contribution in [3.8, 4) is 5.75 Å². The molecule has 0 aliphatic heterocycles. The summed E-state index contributed by atoms with van der Waals surface area (Å²) in [4.78, 5) is 29.5. The summed E-state index contributed by atoms with van der Waals surface area (Å²) in [5.41, 5.74) is 2.74. The van der Waals surface area contributed by atoms with Gasteiger partial charge >= 0.3 is 0 Å². The van der Waals surface area contributed by atoms with Crippen LogP contribution in [0.3, 0.4) is 0 Å². The largest absolute Gasteiger partial charge is 0.494 e. The van der Waals surface area contributed by atoms with Crippen LogP contribution in [-0.4, -0.2) is 50.9 Å². The average Bonchev–Trinajstić information content (AvgIpc) is 3.03. The Labute approximate surface area is 270 Å². The maximum absolute atomic E-state index is 14.4. The molecule has 4 aromatic rings. The van der Waals surface area contributed by atoms with Crippen molar-refractivity contribution < 1.29 is 22.7 Å². The smallest absolute Gasteiger partial charge is 0.264 e. The van der Waals surface area contributed by atoms with Crippen LogP contribution in [0.4, 0.5) is 5.69 Å². The Balaban J connectivity index is 1.79. The van der Waals surface area contributed by atoms with E-state index in [2.05, 4.69) is 5.32 Å². The summed E-state index contributed by atoms with van der Waals surface area (Å²) in [6.07, 6.45) is 0.229. The predicted octanol–water partition coefficient (Wildman–Crippen LogP) is 6.02. The molecular weight excluding hydrogens is 610 g/mol. The second-order valence-corrected chi connectivity index (χ2v) is 12.8. The van der Waals surface area contributed by atoms with Gasteiger partial charge in [0, 0.05) is 24.5 Å². The summed E-state index contributed by atoms with van der Waals surface area (Å²) in [5.74, 6) is -0.320. The van der Waals surface area contributed by atoms with E-state index in [1.54, 1.807) is 54.6 Å². The Morgan fingerprint density at radius 3 is 2.16 bits per heavy atom. The van der Waals surface area contributed by atoms with Gasteiger partial charge in [0.05, 0.1) is 17.2 Å². The highest BCUT2D eigenvalue weighted by Gasteiger charge is 2.34. The van der Waals surface area contributed by atoms with Gasteiger partial charge in [0.2, 0.25) is 11.8 Å². The van der Waals surface area contributed by atoms with Crippen molar-refractivity contribution in [2.45, 2.75) is 44.7 Å². The van der Waals surface area contributed by atoms with Crippen molar-refractivity contribution >= 4 is 39.1 Å². The van der Waals surface area contributed by atoms with Gasteiger partial charge in [0.15, 0.2) is 0 Å². The van der Waals surface area contributed by atoms with Crippen LogP contribution in [0.25, 0.3) is 0 Å². The maximum Gasteiger partial charge on any atom is 0.264 e. The minimum Gasteiger partial charge on any atom is -0.494 e. The van der Waals surface area contributed by atoms with E-state index in [9.17, 15) is 18.0 Å². The summed E-state index contributed by atoms with van der Waals surface area (Å²) in [5, 5.41) is 3.34. The first-order valence-electron chi connectivity index (χ1n) is 14.8. The van der Waals surface area contributed by atoms with Crippen molar-refractivity contribution in [2.75, 3.05) is 24.0 Å². The molecule has 0 spiro atoms. The van der Waals surface area contributed by atoms with Crippen LogP contribution in [0, 0.1) is 6.92 Å². The molecule has 0 saturated carbocycles. The Morgan fingerprint density at radius 2 is 1.53 bits per heavy atom. The number of sulfonamides is 1. The maximum atomic E-state index is 14.4. The standard InChI is InChI=1S/C35H38ClN3O5S/c1-4-37-35(41)33(23-27-10-7-6-8-11-27)38(24-28-12-9-13-29(36)22-28)34(40)25-39(30-16-18-31(19-17-30)44-5-2)45(42,43)32-20-14-26(3)15-21-32/h6-22,33H,4-5,23-25H2,1-3H3,(H,37,41). The third kappa shape index (κ3) is 8.86. The molecule has 10 heteroatoms. The molecular formula is C35H38ClN3O5S. The topological polar surface area (TPSA) is 96.0 Å². The minimum atomic E-state index is -4.20. The van der Waals surface area contributed by atoms with Gasteiger partial charge in [-0.2, -0.15) is 0 Å². The van der Waals surface area contributed by atoms with Crippen LogP contribution in [0.15, 0.2) is 108 Å². The van der Waals surface area contributed by atoms with Gasteiger partial charge in [-0.15, -0.1) is 0 Å². The molecule has 1 unspecified atom stereocenters. The van der Waals surface area contributed by atoms with Crippen LogP contribution in [0.2, 0.25) is 5.02 Å². The lowest BCUT2D eigenvalue weighted by Gasteiger charge is -2.34. The number of nitrogens with zero attached hydrogens (tertiary/aromatic N) is 2. The second kappa shape index (κ2) is 15.6. The Hall–Kier alpha value is -4.34. The number of hydrogen-bond donors (Lipinski definition) is 1. The summed E-state index contributed by atoms with van der Waals surface area (Å²) in [6.45, 7) is 5.84. The van der Waals surface area contributed by atoms with E-state index < -0.39 is 28.5 Å². The van der Waals surface area contributed by atoms with Crippen LogP contribution < -0.4 is 14.4 Å². The third-order valence-corrected chi connectivity index (χ3v) is 9.21. The molecule has 0 radical (unpaired) electrons. The van der Waals surface area contributed by atoms with E-state index in [1.165, 1.54) is 17.0 Å². The second-order valence-electron chi connectivity index (χ2n) is 10.5. The highest BCUT2D eigenvalue weighted by molar-refractivity contribution is 7.92. The predicted molar refractivity (Wildman–Crippen MR) is 178 cm³/mol. The molecule has 0 heterocycles. The van der Waals surface area contributed by atoms with Gasteiger partial charge in [-0.3, -0.25) is 13.9 Å². The molecule has 4 rings (SSSR count). The van der Waals surface area contributed by atoms with E-state index in [1.807, 2.05) is 57.2 Å². The highest BCUT2D eigenvalue weighted by Crippen LogP contribution is 2.27. The Bertz CT molecular complexity index is 1680. The quantitative estimate of drug-likeness (QED) is 0.181. The molecule has 0 aromatic heterocycles. The number of hydrogen-bond acceptors (Lipinski definition) is 5. The summed E-state index contributed by atoms with van der Waals surface area (Å²) < 4.78 is 34.9. The van der Waals surface area contributed by atoms with Crippen molar-refractivity contribution in [3.63, 3.8) is 0 Å². The number of rotatable bonds is 14. The fourth-order valence-electron chi connectivity index (χ4n) is 4.92. The molecule has 45 heavy (non-hydrogen) atoms. The number of nitrogens with one attached hydrogen (secondary N) is 1. The molecule has 2 amide bonds. The van der Waals surface area contributed by atoms with E-state index in [0.29, 0.717) is 29.5 Å². The number of anilines is 1. The lowest BCUT2D eigenvalue weighted by Crippen LogP contribution is -2.53. The van der Waals surface area contributed by atoms with Gasteiger partial charge in [-0.05, 0) is 80.4 Å². The van der Waals surface area contributed by atoms with Gasteiger partial charge in [0.25, 0.3) is 10.0 Å². The zero-order valence-electron chi connectivity index (χ0n) is 25.6. The van der Waals surface area contributed by atoms with E-state index >= 15 is 0 Å². The molecule has 0 saturated heterocycles. The number of aryl methyl sites for hydroxylation is 1. The number of amides is 2. The van der Waals surface area contributed by atoms with E-state index in [-0.39, 0.29) is 29.5 Å². The monoisotopic (exact) mass is 647 g/mol. The molecule has 1 atom stereocenters. The molecule has 0 fully saturated rings. The van der Waals surface area contributed by atoms with Crippen molar-refractivity contribution in [2.24, 2.45) is 0 Å². The fourth-order valence-corrected chi connectivity index (χ4v) is 6.55. The number of carbonyl (C=O) groups is 2. The zero-order valence-corrected chi connectivity index (χ0v) is 27.2. The molecule has 0 aliphatic rings. The van der Waals surface area contributed by atoms with Crippen LogP contribution in [-0.2, 0) is 32.6 Å². The number of halogens is 1. The molecule has 0 aliphatic carbocycles. The van der Waals surface area contributed by atoms with Crippen molar-refractivity contribution in [1.82, 2.24) is 10.2 Å². The SMILES string of the molecule is CCNC(=O)C(Cc1ccccc1)N(Cc1cccc(Cl)c1)C(=O)CN(c1ccc(OCC)cc1)S(=O)(=O)c1ccc(C)cc1. The first kappa shape index (κ1) is 33.6. The zero-order chi connectivity index (χ0) is 32.4. The molecule has 4 aromatic carbocycles. The lowest BCUT2D eigenvalue weighted by molar-refractivity contribution is -0.140. The minimum absolute atomic E-state index is 0.0374.